The van der Waals surface area contributed by atoms with Crippen LogP contribution < -0.4 is 11.1 Å². The molecular weight excluding hydrogens is 482 g/mol. The van der Waals surface area contributed by atoms with Gasteiger partial charge in [-0.05, 0) is 80.6 Å². The van der Waals surface area contributed by atoms with Crippen LogP contribution in [0.15, 0.2) is 84.1 Å². The van der Waals surface area contributed by atoms with E-state index in [0.717, 1.165) is 64.4 Å². The van der Waals surface area contributed by atoms with E-state index in [0.29, 0.717) is 17.7 Å². The summed E-state index contributed by atoms with van der Waals surface area (Å²) in [6.07, 6.45) is 9.25. The SMILES string of the molecule is Cc1ccc(S(=O)(=O)n2cc(-c3ccc4nccc(NC5CCC(N)CC5)c4c3)c3cccnc32)cc1. The van der Waals surface area contributed by atoms with E-state index in [1.165, 1.54) is 3.97 Å². The first kappa shape index (κ1) is 23.6. The normalized spacial score (nSPS) is 18.3. The Kier molecular flexibility index (Phi) is 5.93. The Labute approximate surface area is 216 Å². The first-order valence-corrected chi connectivity index (χ1v) is 14.0. The Morgan fingerprint density at radius 1 is 0.919 bits per heavy atom. The monoisotopic (exact) mass is 511 g/mol. The van der Waals surface area contributed by atoms with E-state index >= 15 is 0 Å². The number of benzene rings is 2. The number of nitrogens with zero attached hydrogens (tertiary/aromatic N) is 3. The molecule has 0 bridgehead atoms. The summed E-state index contributed by atoms with van der Waals surface area (Å²) in [5, 5.41) is 5.48. The standard InChI is InChI=1S/C29H29N5O2S/c1-19-4-11-23(12-5-19)37(35,36)34-18-26(24-3-2-15-32-29(24)34)20-6-13-27-25(17-20)28(14-16-31-27)33-22-9-7-21(30)8-10-22/h2-6,11-18,21-22H,7-10,30H2,1H3,(H,31,33). The lowest BCUT2D eigenvalue weighted by molar-refractivity contribution is 0.411. The van der Waals surface area contributed by atoms with Crippen LogP contribution in [-0.4, -0.2) is 34.4 Å². The number of hydrogen-bond acceptors (Lipinski definition) is 6. The van der Waals surface area contributed by atoms with E-state index < -0.39 is 10.0 Å². The molecule has 3 heterocycles. The zero-order chi connectivity index (χ0) is 25.6. The van der Waals surface area contributed by atoms with Gasteiger partial charge >= 0.3 is 0 Å². The molecule has 3 aromatic heterocycles. The van der Waals surface area contributed by atoms with Gasteiger partial charge in [-0.2, -0.15) is 0 Å². The number of nitrogens with one attached hydrogen (secondary N) is 1. The molecule has 0 atom stereocenters. The van der Waals surface area contributed by atoms with Crippen LogP contribution in [0.1, 0.15) is 31.2 Å². The maximum Gasteiger partial charge on any atom is 0.269 e. The van der Waals surface area contributed by atoms with Gasteiger partial charge < -0.3 is 11.1 Å². The maximum atomic E-state index is 13.6. The van der Waals surface area contributed by atoms with Gasteiger partial charge in [0.25, 0.3) is 10.0 Å². The van der Waals surface area contributed by atoms with E-state index in [-0.39, 0.29) is 4.90 Å². The molecule has 1 aliphatic rings. The molecule has 0 radical (unpaired) electrons. The molecule has 5 aromatic rings. The predicted octanol–water partition coefficient (Wildman–Crippen LogP) is 5.48. The third-order valence-corrected chi connectivity index (χ3v) is 8.96. The average molecular weight is 512 g/mol. The van der Waals surface area contributed by atoms with Crippen LogP contribution in [-0.2, 0) is 10.0 Å². The Hall–Kier alpha value is -3.75. The van der Waals surface area contributed by atoms with E-state index in [2.05, 4.69) is 21.4 Å². The topological polar surface area (TPSA) is 103 Å². The lowest BCUT2D eigenvalue weighted by Gasteiger charge is -2.28. The van der Waals surface area contributed by atoms with Gasteiger partial charge in [0, 0.05) is 52.7 Å². The molecule has 8 heteroatoms. The summed E-state index contributed by atoms with van der Waals surface area (Å²) in [6.45, 7) is 1.93. The molecule has 3 N–H and O–H groups in total. The predicted molar refractivity (Wildman–Crippen MR) is 148 cm³/mol. The van der Waals surface area contributed by atoms with Crippen LogP contribution in [0.2, 0.25) is 0 Å². The second kappa shape index (κ2) is 9.28. The number of aryl methyl sites for hydroxylation is 1. The molecule has 1 aliphatic carbocycles. The quantitative estimate of drug-likeness (QED) is 0.324. The highest BCUT2D eigenvalue weighted by atomic mass is 32.2. The molecule has 0 amide bonds. The number of rotatable bonds is 5. The minimum Gasteiger partial charge on any atom is -0.382 e. The smallest absolute Gasteiger partial charge is 0.269 e. The van der Waals surface area contributed by atoms with Crippen molar-refractivity contribution in [1.29, 1.82) is 0 Å². The van der Waals surface area contributed by atoms with Gasteiger partial charge in [0.2, 0.25) is 0 Å². The van der Waals surface area contributed by atoms with Gasteiger partial charge in [-0.1, -0.05) is 23.8 Å². The van der Waals surface area contributed by atoms with Crippen LogP contribution in [0.3, 0.4) is 0 Å². The van der Waals surface area contributed by atoms with Gasteiger partial charge in [0.15, 0.2) is 5.65 Å². The zero-order valence-corrected chi connectivity index (χ0v) is 21.4. The Bertz CT molecular complexity index is 1700. The molecule has 6 rings (SSSR count). The molecule has 7 nitrogen and oxygen atoms in total. The molecular formula is C29H29N5O2S. The van der Waals surface area contributed by atoms with Crippen molar-refractivity contribution in [2.24, 2.45) is 5.73 Å². The summed E-state index contributed by atoms with van der Waals surface area (Å²) in [6, 6.07) is 19.4. The largest absolute Gasteiger partial charge is 0.382 e. The van der Waals surface area contributed by atoms with Crippen molar-refractivity contribution in [3.8, 4) is 11.1 Å². The van der Waals surface area contributed by atoms with Crippen molar-refractivity contribution in [2.75, 3.05) is 5.32 Å². The molecule has 2 aromatic carbocycles. The number of pyridine rings is 2. The summed E-state index contributed by atoms with van der Waals surface area (Å²) < 4.78 is 28.5. The molecule has 1 fully saturated rings. The average Bonchev–Trinajstić information content (AvgIpc) is 3.31. The van der Waals surface area contributed by atoms with Crippen LogP contribution in [0.25, 0.3) is 33.1 Å². The highest BCUT2D eigenvalue weighted by Crippen LogP contribution is 2.35. The molecule has 1 saturated carbocycles. The third kappa shape index (κ3) is 4.36. The van der Waals surface area contributed by atoms with E-state index in [4.69, 9.17) is 5.73 Å². The second-order valence-corrected chi connectivity index (χ2v) is 11.7. The van der Waals surface area contributed by atoms with Gasteiger partial charge in [-0.3, -0.25) is 4.98 Å². The minimum atomic E-state index is -3.82. The molecule has 0 aliphatic heterocycles. The third-order valence-electron chi connectivity index (χ3n) is 7.29. The molecule has 37 heavy (non-hydrogen) atoms. The number of fused-ring (bicyclic) bond motifs is 2. The summed E-state index contributed by atoms with van der Waals surface area (Å²) in [7, 11) is -3.82. The lowest BCUT2D eigenvalue weighted by atomic mass is 9.91. The number of hydrogen-bond donors (Lipinski definition) is 2. The Morgan fingerprint density at radius 3 is 2.49 bits per heavy atom. The van der Waals surface area contributed by atoms with E-state index in [9.17, 15) is 8.42 Å². The number of anilines is 1. The van der Waals surface area contributed by atoms with Crippen molar-refractivity contribution in [3.63, 3.8) is 0 Å². The highest BCUT2D eigenvalue weighted by Gasteiger charge is 2.23. The van der Waals surface area contributed by atoms with Crippen LogP contribution >= 0.6 is 0 Å². The first-order valence-electron chi connectivity index (χ1n) is 12.6. The fourth-order valence-corrected chi connectivity index (χ4v) is 6.52. The van der Waals surface area contributed by atoms with Gasteiger partial charge in [-0.15, -0.1) is 0 Å². The van der Waals surface area contributed by atoms with Crippen molar-refractivity contribution >= 4 is 37.6 Å². The van der Waals surface area contributed by atoms with Crippen LogP contribution in [0.5, 0.6) is 0 Å². The highest BCUT2D eigenvalue weighted by molar-refractivity contribution is 7.90. The Balaban J connectivity index is 1.45. The molecule has 0 unspecified atom stereocenters. The molecule has 188 valence electrons. The van der Waals surface area contributed by atoms with Gasteiger partial charge in [-0.25, -0.2) is 17.4 Å². The number of aromatic nitrogens is 3. The van der Waals surface area contributed by atoms with Gasteiger partial charge in [0.05, 0.1) is 10.4 Å². The summed E-state index contributed by atoms with van der Waals surface area (Å²) in [4.78, 5) is 9.24. The van der Waals surface area contributed by atoms with Crippen molar-refractivity contribution < 1.29 is 8.42 Å². The zero-order valence-electron chi connectivity index (χ0n) is 20.6. The fraction of sp³-hybridized carbons (Fsp3) is 0.241. The van der Waals surface area contributed by atoms with Crippen molar-refractivity contribution in [1.82, 2.24) is 13.9 Å². The lowest BCUT2D eigenvalue weighted by Crippen LogP contribution is -2.32. The molecule has 0 spiro atoms. The van der Waals surface area contributed by atoms with Crippen molar-refractivity contribution in [2.45, 2.75) is 49.6 Å². The first-order chi connectivity index (χ1) is 17.9. The summed E-state index contributed by atoms with van der Waals surface area (Å²) in [5.74, 6) is 0. The second-order valence-electron chi connectivity index (χ2n) is 9.88. The summed E-state index contributed by atoms with van der Waals surface area (Å²) >= 11 is 0. The van der Waals surface area contributed by atoms with Crippen molar-refractivity contribution in [3.05, 3.63) is 84.8 Å². The van der Waals surface area contributed by atoms with Crippen LogP contribution in [0, 0.1) is 6.92 Å². The van der Waals surface area contributed by atoms with Crippen LogP contribution in [0.4, 0.5) is 5.69 Å². The Morgan fingerprint density at radius 2 is 1.70 bits per heavy atom. The minimum absolute atomic E-state index is 0.230. The summed E-state index contributed by atoms with van der Waals surface area (Å²) in [5.41, 5.74) is 11.1. The number of nitrogens with two attached hydrogens (primary N) is 1. The van der Waals surface area contributed by atoms with Gasteiger partial charge in [0.1, 0.15) is 0 Å². The molecule has 0 saturated heterocycles. The maximum absolute atomic E-state index is 13.6. The van der Waals surface area contributed by atoms with E-state index in [1.807, 2.05) is 43.5 Å². The van der Waals surface area contributed by atoms with E-state index in [1.54, 1.807) is 36.7 Å². The fourth-order valence-electron chi connectivity index (χ4n) is 5.19.